The monoisotopic (exact) mass is 471 g/mol. The Morgan fingerprint density at radius 3 is 2.44 bits per heavy atom. The maximum absolute atomic E-state index is 12.5. The number of aromatic nitrogens is 3. The fourth-order valence-corrected chi connectivity index (χ4v) is 4.05. The van der Waals surface area contributed by atoms with Crippen LogP contribution in [0.15, 0.2) is 53.7 Å². The molecule has 0 spiro atoms. The third kappa shape index (κ3) is 5.89. The fraction of sp³-hybridized carbons (Fsp3) is 0.304. The lowest BCUT2D eigenvalue weighted by Crippen LogP contribution is -2.28. The van der Waals surface area contributed by atoms with E-state index in [1.807, 2.05) is 38.2 Å². The summed E-state index contributed by atoms with van der Waals surface area (Å²) in [6.45, 7) is 6.02. The maximum Gasteiger partial charge on any atom is 0.251 e. The van der Waals surface area contributed by atoms with Gasteiger partial charge in [-0.1, -0.05) is 55.4 Å². The van der Waals surface area contributed by atoms with Gasteiger partial charge in [0.25, 0.3) is 5.91 Å². The standard InChI is InChI=1S/C23H26ClN5O2S/c1-14(2)18-7-5-6-8-19(18)26-20(30)13-32-23-28-27-21(29(23)4)15(3)25-22(31)16-9-11-17(24)12-10-16/h5-12,14-15H,13H2,1-4H3,(H,25,31)(H,26,30)/t15-/m0/s1. The molecule has 0 unspecified atom stereocenters. The SMILES string of the molecule is CC(C)c1ccccc1NC(=O)CSc1nnc([C@H](C)NC(=O)c2ccc(Cl)cc2)n1C. The van der Waals surface area contributed by atoms with Crippen molar-refractivity contribution in [2.24, 2.45) is 7.05 Å². The van der Waals surface area contributed by atoms with Crippen molar-refractivity contribution in [2.75, 3.05) is 11.1 Å². The molecule has 2 N–H and O–H groups in total. The second-order valence-corrected chi connectivity index (χ2v) is 9.06. The lowest BCUT2D eigenvalue weighted by molar-refractivity contribution is -0.113. The summed E-state index contributed by atoms with van der Waals surface area (Å²) in [4.78, 5) is 24.9. The van der Waals surface area contributed by atoms with Crippen LogP contribution in [0.2, 0.25) is 5.02 Å². The minimum atomic E-state index is -0.364. The van der Waals surface area contributed by atoms with E-state index < -0.39 is 0 Å². The largest absolute Gasteiger partial charge is 0.342 e. The molecule has 1 heterocycles. The lowest BCUT2D eigenvalue weighted by Gasteiger charge is -2.14. The number of nitrogens with zero attached hydrogens (tertiary/aromatic N) is 3. The molecule has 0 fully saturated rings. The normalized spacial score (nSPS) is 11.9. The second-order valence-electron chi connectivity index (χ2n) is 7.68. The molecular weight excluding hydrogens is 446 g/mol. The number of anilines is 1. The molecule has 1 aromatic heterocycles. The summed E-state index contributed by atoms with van der Waals surface area (Å²) in [6, 6.07) is 14.1. The van der Waals surface area contributed by atoms with Gasteiger partial charge in [0.1, 0.15) is 0 Å². The molecule has 7 nitrogen and oxygen atoms in total. The number of thioether (sulfide) groups is 1. The van der Waals surface area contributed by atoms with Crippen LogP contribution in [0.1, 0.15) is 54.5 Å². The van der Waals surface area contributed by atoms with Crippen LogP contribution in [-0.2, 0) is 11.8 Å². The van der Waals surface area contributed by atoms with Crippen LogP contribution < -0.4 is 10.6 Å². The van der Waals surface area contributed by atoms with Gasteiger partial charge in [-0.2, -0.15) is 0 Å². The summed E-state index contributed by atoms with van der Waals surface area (Å²) in [5.41, 5.74) is 2.43. The molecule has 0 saturated heterocycles. The van der Waals surface area contributed by atoms with Crippen LogP contribution in [0.4, 0.5) is 5.69 Å². The average molecular weight is 472 g/mol. The smallest absolute Gasteiger partial charge is 0.251 e. The summed E-state index contributed by atoms with van der Waals surface area (Å²) in [5.74, 6) is 0.765. The van der Waals surface area contributed by atoms with E-state index in [9.17, 15) is 9.59 Å². The summed E-state index contributed by atoms with van der Waals surface area (Å²) in [5, 5.41) is 15.4. The van der Waals surface area contributed by atoms with Gasteiger partial charge < -0.3 is 15.2 Å². The fourth-order valence-electron chi connectivity index (χ4n) is 3.21. The first-order valence-electron chi connectivity index (χ1n) is 10.2. The zero-order chi connectivity index (χ0) is 23.3. The first-order valence-corrected chi connectivity index (χ1v) is 11.6. The van der Waals surface area contributed by atoms with Crippen LogP contribution in [0.3, 0.4) is 0 Å². The van der Waals surface area contributed by atoms with Gasteiger partial charge in [0, 0.05) is 23.3 Å². The van der Waals surface area contributed by atoms with E-state index >= 15 is 0 Å². The van der Waals surface area contributed by atoms with Gasteiger partial charge in [0.15, 0.2) is 11.0 Å². The molecule has 1 atom stereocenters. The molecule has 32 heavy (non-hydrogen) atoms. The predicted octanol–water partition coefficient (Wildman–Crippen LogP) is 4.81. The number of halogens is 1. The molecule has 0 saturated carbocycles. The van der Waals surface area contributed by atoms with Crippen molar-refractivity contribution in [1.82, 2.24) is 20.1 Å². The third-order valence-corrected chi connectivity index (χ3v) is 6.17. The summed E-state index contributed by atoms with van der Waals surface area (Å²) < 4.78 is 1.78. The van der Waals surface area contributed by atoms with E-state index in [0.29, 0.717) is 27.5 Å². The van der Waals surface area contributed by atoms with E-state index in [1.165, 1.54) is 11.8 Å². The number of carbonyl (C=O) groups excluding carboxylic acids is 2. The van der Waals surface area contributed by atoms with Gasteiger partial charge in [-0.05, 0) is 48.7 Å². The van der Waals surface area contributed by atoms with Gasteiger partial charge in [0.2, 0.25) is 5.91 Å². The Kier molecular flexibility index (Phi) is 7.93. The van der Waals surface area contributed by atoms with Crippen molar-refractivity contribution in [3.8, 4) is 0 Å². The van der Waals surface area contributed by atoms with Crippen molar-refractivity contribution in [1.29, 1.82) is 0 Å². The average Bonchev–Trinajstić information content (AvgIpc) is 3.13. The van der Waals surface area contributed by atoms with E-state index in [4.69, 9.17) is 11.6 Å². The number of benzene rings is 2. The molecule has 2 aromatic carbocycles. The quantitative estimate of drug-likeness (QED) is 0.460. The number of hydrogen-bond acceptors (Lipinski definition) is 5. The molecule has 3 aromatic rings. The van der Waals surface area contributed by atoms with Gasteiger partial charge in [0.05, 0.1) is 11.8 Å². The predicted molar refractivity (Wildman–Crippen MR) is 128 cm³/mol. The molecular formula is C23H26ClN5O2S. The van der Waals surface area contributed by atoms with Crippen molar-refractivity contribution in [3.63, 3.8) is 0 Å². The Hall–Kier alpha value is -2.84. The van der Waals surface area contributed by atoms with E-state index in [2.05, 4.69) is 34.7 Å². The molecule has 0 radical (unpaired) electrons. The number of para-hydroxylation sites is 1. The molecule has 2 amide bonds. The molecule has 168 valence electrons. The molecule has 9 heteroatoms. The first kappa shape index (κ1) is 23.8. The van der Waals surface area contributed by atoms with Crippen LogP contribution in [0.25, 0.3) is 0 Å². The lowest BCUT2D eigenvalue weighted by atomic mass is 10.0. The molecule has 0 bridgehead atoms. The Balaban J connectivity index is 1.59. The number of amides is 2. The zero-order valence-corrected chi connectivity index (χ0v) is 20.0. The molecule has 0 aliphatic rings. The third-order valence-electron chi connectivity index (χ3n) is 4.90. The van der Waals surface area contributed by atoms with Crippen molar-refractivity contribution < 1.29 is 9.59 Å². The van der Waals surface area contributed by atoms with Gasteiger partial charge in [-0.25, -0.2) is 0 Å². The van der Waals surface area contributed by atoms with Gasteiger partial charge >= 0.3 is 0 Å². The second kappa shape index (κ2) is 10.7. The Morgan fingerprint density at radius 2 is 1.75 bits per heavy atom. The summed E-state index contributed by atoms with van der Waals surface area (Å²) >= 11 is 7.17. The van der Waals surface area contributed by atoms with Gasteiger partial charge in [-0.3, -0.25) is 9.59 Å². The van der Waals surface area contributed by atoms with Crippen LogP contribution in [0, 0.1) is 0 Å². The number of nitrogens with one attached hydrogen (secondary N) is 2. The highest BCUT2D eigenvalue weighted by Gasteiger charge is 2.19. The van der Waals surface area contributed by atoms with Crippen molar-refractivity contribution in [2.45, 2.75) is 37.9 Å². The number of carbonyl (C=O) groups is 2. The summed E-state index contributed by atoms with van der Waals surface area (Å²) in [6.07, 6.45) is 0. The minimum Gasteiger partial charge on any atom is -0.342 e. The minimum absolute atomic E-state index is 0.114. The topological polar surface area (TPSA) is 88.9 Å². The van der Waals surface area contributed by atoms with Crippen molar-refractivity contribution in [3.05, 3.63) is 70.5 Å². The molecule has 3 rings (SSSR count). The van der Waals surface area contributed by atoms with E-state index in [-0.39, 0.29) is 23.6 Å². The number of hydrogen-bond donors (Lipinski definition) is 2. The van der Waals surface area contributed by atoms with Gasteiger partial charge in [-0.15, -0.1) is 10.2 Å². The highest BCUT2D eigenvalue weighted by Crippen LogP contribution is 2.25. The highest BCUT2D eigenvalue weighted by atomic mass is 35.5. The molecule has 0 aliphatic heterocycles. The number of rotatable bonds is 8. The van der Waals surface area contributed by atoms with E-state index in [1.54, 1.807) is 28.8 Å². The van der Waals surface area contributed by atoms with Crippen LogP contribution >= 0.6 is 23.4 Å². The Labute approximate surface area is 197 Å². The Bertz CT molecular complexity index is 1100. The Morgan fingerprint density at radius 1 is 1.06 bits per heavy atom. The van der Waals surface area contributed by atoms with Crippen LogP contribution in [-0.4, -0.2) is 32.3 Å². The molecule has 0 aliphatic carbocycles. The zero-order valence-electron chi connectivity index (χ0n) is 18.4. The highest BCUT2D eigenvalue weighted by molar-refractivity contribution is 7.99. The van der Waals surface area contributed by atoms with E-state index in [0.717, 1.165) is 11.3 Å². The first-order chi connectivity index (χ1) is 15.3. The van der Waals surface area contributed by atoms with Crippen molar-refractivity contribution >= 4 is 40.9 Å². The maximum atomic E-state index is 12.5. The summed E-state index contributed by atoms with van der Waals surface area (Å²) in [7, 11) is 1.81. The van der Waals surface area contributed by atoms with Crippen LogP contribution in [0.5, 0.6) is 0 Å².